The highest BCUT2D eigenvalue weighted by atomic mass is 19.1. The molecule has 1 aromatic heterocycles. The van der Waals surface area contributed by atoms with E-state index in [1.165, 1.54) is 34.9 Å². The molecule has 0 unspecified atom stereocenters. The molecule has 6 heteroatoms. The maximum atomic E-state index is 13.6. The van der Waals surface area contributed by atoms with Crippen LogP contribution in [0.5, 0.6) is 0 Å². The number of halogens is 2. The fourth-order valence-electron chi connectivity index (χ4n) is 2.47. The maximum absolute atomic E-state index is 13.6. The summed E-state index contributed by atoms with van der Waals surface area (Å²) in [6.07, 6.45) is 0.550. The van der Waals surface area contributed by atoms with E-state index in [0.717, 1.165) is 6.07 Å². The Kier molecular flexibility index (Phi) is 3.92. The van der Waals surface area contributed by atoms with E-state index in [4.69, 9.17) is 5.73 Å². The molecule has 2 N–H and O–H groups in total. The van der Waals surface area contributed by atoms with Crippen molar-refractivity contribution in [1.82, 2.24) is 9.55 Å². The van der Waals surface area contributed by atoms with Crippen LogP contribution in [0.4, 0.5) is 8.78 Å². The minimum Gasteiger partial charge on any atom is -0.321 e. The summed E-state index contributed by atoms with van der Waals surface area (Å²) in [6, 6.07) is 8.89. The van der Waals surface area contributed by atoms with Gasteiger partial charge in [0.25, 0.3) is 5.56 Å². The molecule has 0 fully saturated rings. The van der Waals surface area contributed by atoms with E-state index < -0.39 is 23.2 Å². The largest absolute Gasteiger partial charge is 0.321 e. The van der Waals surface area contributed by atoms with Crippen molar-refractivity contribution in [2.75, 3.05) is 0 Å². The minimum atomic E-state index is -0.533. The molecule has 2 aromatic carbocycles. The lowest BCUT2D eigenvalue weighted by atomic mass is 10.1. The molecule has 4 nitrogen and oxygen atoms in total. The Labute approximate surface area is 131 Å². The highest BCUT2D eigenvalue weighted by molar-refractivity contribution is 5.78. The summed E-state index contributed by atoms with van der Waals surface area (Å²) in [4.78, 5) is 17.2. The topological polar surface area (TPSA) is 60.9 Å². The predicted molar refractivity (Wildman–Crippen MR) is 84.5 cm³/mol. The van der Waals surface area contributed by atoms with Crippen molar-refractivity contribution in [2.24, 2.45) is 5.73 Å². The van der Waals surface area contributed by atoms with Gasteiger partial charge in [0.1, 0.15) is 17.5 Å². The van der Waals surface area contributed by atoms with Gasteiger partial charge < -0.3 is 5.73 Å². The quantitative estimate of drug-likeness (QED) is 0.808. The van der Waals surface area contributed by atoms with Gasteiger partial charge in [-0.1, -0.05) is 13.0 Å². The summed E-state index contributed by atoms with van der Waals surface area (Å²) in [5.41, 5.74) is 6.27. The highest BCUT2D eigenvalue weighted by Gasteiger charge is 2.17. The van der Waals surface area contributed by atoms with Crippen molar-refractivity contribution in [3.05, 3.63) is 70.3 Å². The molecule has 3 rings (SSSR count). The van der Waals surface area contributed by atoms with Gasteiger partial charge in [-0.2, -0.15) is 0 Å². The number of hydrogen-bond donors (Lipinski definition) is 1. The van der Waals surface area contributed by atoms with Crippen LogP contribution < -0.4 is 11.3 Å². The molecular formula is C17H15F2N3O. The number of hydrogen-bond acceptors (Lipinski definition) is 3. The molecule has 0 radical (unpaired) electrons. The van der Waals surface area contributed by atoms with E-state index in [2.05, 4.69) is 4.98 Å². The third kappa shape index (κ3) is 2.73. The molecule has 118 valence electrons. The second-order valence-electron chi connectivity index (χ2n) is 5.27. The summed E-state index contributed by atoms with van der Waals surface area (Å²) in [7, 11) is 0. The molecule has 0 aliphatic heterocycles. The number of nitrogens with zero attached hydrogens (tertiary/aromatic N) is 2. The lowest BCUT2D eigenvalue weighted by molar-refractivity contribution is 0.610. The molecule has 1 heterocycles. The maximum Gasteiger partial charge on any atom is 0.266 e. The first-order chi connectivity index (χ1) is 11.0. The first-order valence-corrected chi connectivity index (χ1v) is 7.25. The van der Waals surface area contributed by atoms with Crippen molar-refractivity contribution in [1.29, 1.82) is 0 Å². The van der Waals surface area contributed by atoms with E-state index in [1.807, 2.05) is 6.92 Å². The number of rotatable bonds is 3. The molecule has 0 aliphatic rings. The van der Waals surface area contributed by atoms with Gasteiger partial charge in [-0.15, -0.1) is 0 Å². The van der Waals surface area contributed by atoms with Gasteiger partial charge in [0, 0.05) is 0 Å². The summed E-state index contributed by atoms with van der Waals surface area (Å²) >= 11 is 0. The van der Waals surface area contributed by atoms with E-state index >= 15 is 0 Å². The van der Waals surface area contributed by atoms with Gasteiger partial charge in [0.05, 0.1) is 22.6 Å². The van der Waals surface area contributed by atoms with E-state index in [1.54, 1.807) is 6.07 Å². The smallest absolute Gasteiger partial charge is 0.266 e. The Balaban J connectivity index is 2.41. The molecule has 3 aromatic rings. The Morgan fingerprint density at radius 3 is 2.61 bits per heavy atom. The number of aromatic nitrogens is 2. The zero-order valence-corrected chi connectivity index (χ0v) is 12.5. The lowest BCUT2D eigenvalue weighted by Gasteiger charge is -2.17. The first-order valence-electron chi connectivity index (χ1n) is 7.25. The van der Waals surface area contributed by atoms with E-state index in [0.29, 0.717) is 23.4 Å². The van der Waals surface area contributed by atoms with Crippen LogP contribution >= 0.6 is 0 Å². The zero-order chi connectivity index (χ0) is 16.6. The van der Waals surface area contributed by atoms with Crippen LogP contribution in [0.2, 0.25) is 0 Å². The average molecular weight is 315 g/mol. The van der Waals surface area contributed by atoms with Crippen molar-refractivity contribution in [3.8, 4) is 5.69 Å². The monoisotopic (exact) mass is 315 g/mol. The normalized spacial score (nSPS) is 12.5. The Bertz CT molecular complexity index is 937. The van der Waals surface area contributed by atoms with Crippen LogP contribution in [-0.4, -0.2) is 9.55 Å². The van der Waals surface area contributed by atoms with Crippen LogP contribution in [0, 0.1) is 11.6 Å². The number of fused-ring (bicyclic) bond motifs is 1. The van der Waals surface area contributed by atoms with Crippen LogP contribution in [0.3, 0.4) is 0 Å². The molecule has 0 bridgehead atoms. The number of nitrogens with two attached hydrogens (primary N) is 1. The van der Waals surface area contributed by atoms with Crippen molar-refractivity contribution in [2.45, 2.75) is 19.4 Å². The second-order valence-corrected chi connectivity index (χ2v) is 5.27. The summed E-state index contributed by atoms with van der Waals surface area (Å²) < 4.78 is 28.3. The fraction of sp³-hybridized carbons (Fsp3) is 0.176. The molecule has 0 amide bonds. The van der Waals surface area contributed by atoms with E-state index in [-0.39, 0.29) is 5.39 Å². The Morgan fingerprint density at radius 1 is 1.17 bits per heavy atom. The average Bonchev–Trinajstić information content (AvgIpc) is 2.54. The van der Waals surface area contributed by atoms with Crippen LogP contribution in [0.25, 0.3) is 16.6 Å². The molecule has 0 saturated carbocycles. The summed E-state index contributed by atoms with van der Waals surface area (Å²) in [5, 5.41) is 0.126. The molecular weight excluding hydrogens is 300 g/mol. The molecule has 0 aliphatic carbocycles. The van der Waals surface area contributed by atoms with Crippen LogP contribution in [0.1, 0.15) is 25.2 Å². The lowest BCUT2D eigenvalue weighted by Crippen LogP contribution is -2.28. The fourth-order valence-corrected chi connectivity index (χ4v) is 2.47. The standard InChI is InChI=1S/C17H15F2N3O/c1-2-14(20)16-21-15-7-6-11(19)9-13(15)17(23)22(16)12-5-3-4-10(18)8-12/h3-9,14H,2,20H2,1H3/t14-/m0/s1. The van der Waals surface area contributed by atoms with Crippen LogP contribution in [0.15, 0.2) is 47.3 Å². The van der Waals surface area contributed by atoms with Gasteiger partial charge in [-0.25, -0.2) is 13.8 Å². The zero-order valence-electron chi connectivity index (χ0n) is 12.5. The third-order valence-electron chi connectivity index (χ3n) is 3.69. The van der Waals surface area contributed by atoms with Gasteiger partial charge in [-0.05, 0) is 42.8 Å². The SMILES string of the molecule is CC[C@H](N)c1nc2ccc(F)cc2c(=O)n1-c1cccc(F)c1. The van der Waals surface area contributed by atoms with Gasteiger partial charge >= 0.3 is 0 Å². The Morgan fingerprint density at radius 2 is 1.91 bits per heavy atom. The van der Waals surface area contributed by atoms with Gasteiger partial charge in [-0.3, -0.25) is 9.36 Å². The highest BCUT2D eigenvalue weighted by Crippen LogP contribution is 2.19. The van der Waals surface area contributed by atoms with Crippen LogP contribution in [-0.2, 0) is 0 Å². The molecule has 23 heavy (non-hydrogen) atoms. The van der Waals surface area contributed by atoms with Gasteiger partial charge in [0.2, 0.25) is 0 Å². The summed E-state index contributed by atoms with van der Waals surface area (Å²) in [5.74, 6) is -0.693. The van der Waals surface area contributed by atoms with E-state index in [9.17, 15) is 13.6 Å². The third-order valence-corrected chi connectivity index (χ3v) is 3.69. The predicted octanol–water partition coefficient (Wildman–Crippen LogP) is 3.07. The molecule has 0 saturated heterocycles. The number of benzene rings is 2. The Hall–Kier alpha value is -2.60. The minimum absolute atomic E-state index is 0.126. The first kappa shape index (κ1) is 15.3. The van der Waals surface area contributed by atoms with Gasteiger partial charge in [0.15, 0.2) is 0 Å². The van der Waals surface area contributed by atoms with Crippen molar-refractivity contribution >= 4 is 10.9 Å². The molecule has 1 atom stereocenters. The molecule has 0 spiro atoms. The van der Waals surface area contributed by atoms with Crippen molar-refractivity contribution < 1.29 is 8.78 Å². The van der Waals surface area contributed by atoms with Crippen molar-refractivity contribution in [3.63, 3.8) is 0 Å². The summed E-state index contributed by atoms with van der Waals surface area (Å²) in [6.45, 7) is 1.86. The second kappa shape index (κ2) is 5.89.